The highest BCUT2D eigenvalue weighted by Crippen LogP contribution is 2.05. The molecule has 2 aromatic rings. The fourth-order valence-electron chi connectivity index (χ4n) is 1.90. The first-order chi connectivity index (χ1) is 10.1. The first-order valence-electron chi connectivity index (χ1n) is 7.03. The maximum Gasteiger partial charge on any atom is 0.244 e. The topological polar surface area (TPSA) is 59.8 Å². The van der Waals surface area contributed by atoms with Crippen LogP contribution in [0.4, 0.5) is 0 Å². The Morgan fingerprint density at radius 2 is 1.90 bits per heavy atom. The Labute approximate surface area is 124 Å². The molecule has 0 unspecified atom stereocenters. The molecule has 0 saturated heterocycles. The van der Waals surface area contributed by atoms with Crippen molar-refractivity contribution >= 4 is 12.0 Å². The van der Waals surface area contributed by atoms with Gasteiger partial charge in [-0.15, -0.1) is 0 Å². The zero-order valence-electron chi connectivity index (χ0n) is 12.3. The summed E-state index contributed by atoms with van der Waals surface area (Å²) in [7, 11) is 0. The van der Waals surface area contributed by atoms with Gasteiger partial charge in [-0.25, -0.2) is 0 Å². The number of carbonyl (C=O) groups excluding carboxylic acids is 1. The Bertz CT molecular complexity index is 576. The summed E-state index contributed by atoms with van der Waals surface area (Å²) >= 11 is 0. The number of hydrogen-bond acceptors (Lipinski definition) is 3. The number of hydrogen-bond donors (Lipinski definition) is 1. The first-order valence-corrected chi connectivity index (χ1v) is 7.03. The normalized spacial score (nSPS) is 12.7. The van der Waals surface area contributed by atoms with Crippen LogP contribution in [-0.2, 0) is 11.3 Å². The standard InChI is InChI=1S/C16H20N4O/c1-13(2)15(12-20-17-10-11-18-20)19-16(21)9-8-14-6-4-3-5-7-14/h3-11,13,15H,12H2,1-2H3,(H,19,21)/b9-8+/t15-/m0/s1. The summed E-state index contributed by atoms with van der Waals surface area (Å²) in [5, 5.41) is 11.1. The second-order valence-electron chi connectivity index (χ2n) is 5.19. The van der Waals surface area contributed by atoms with E-state index in [2.05, 4.69) is 29.4 Å². The smallest absolute Gasteiger partial charge is 0.244 e. The molecule has 2 rings (SSSR count). The lowest BCUT2D eigenvalue weighted by Gasteiger charge is -2.20. The summed E-state index contributed by atoms with van der Waals surface area (Å²) in [5.74, 6) is 0.190. The Morgan fingerprint density at radius 1 is 1.24 bits per heavy atom. The number of rotatable bonds is 6. The van der Waals surface area contributed by atoms with Crippen molar-refractivity contribution in [2.45, 2.75) is 26.4 Å². The van der Waals surface area contributed by atoms with Crippen LogP contribution in [0, 0.1) is 5.92 Å². The number of benzene rings is 1. The lowest BCUT2D eigenvalue weighted by atomic mass is 10.0. The van der Waals surface area contributed by atoms with Gasteiger partial charge in [0.25, 0.3) is 0 Å². The molecule has 5 nitrogen and oxygen atoms in total. The van der Waals surface area contributed by atoms with Crippen molar-refractivity contribution < 1.29 is 4.79 Å². The van der Waals surface area contributed by atoms with E-state index in [1.165, 1.54) is 0 Å². The van der Waals surface area contributed by atoms with Crippen LogP contribution in [0.2, 0.25) is 0 Å². The molecule has 1 amide bonds. The number of aromatic nitrogens is 3. The lowest BCUT2D eigenvalue weighted by molar-refractivity contribution is -0.117. The maximum absolute atomic E-state index is 12.0. The molecule has 0 fully saturated rings. The van der Waals surface area contributed by atoms with Crippen molar-refractivity contribution in [2.24, 2.45) is 5.92 Å². The Kier molecular flexibility index (Phi) is 5.26. The third-order valence-electron chi connectivity index (χ3n) is 3.19. The minimum Gasteiger partial charge on any atom is -0.348 e. The number of nitrogens with one attached hydrogen (secondary N) is 1. The predicted octanol–water partition coefficient (Wildman–Crippen LogP) is 2.13. The van der Waals surface area contributed by atoms with Crippen LogP contribution in [0.15, 0.2) is 48.8 Å². The van der Waals surface area contributed by atoms with Crippen LogP contribution in [0.25, 0.3) is 6.08 Å². The molecule has 1 atom stereocenters. The van der Waals surface area contributed by atoms with Gasteiger partial charge in [0.15, 0.2) is 0 Å². The van der Waals surface area contributed by atoms with E-state index >= 15 is 0 Å². The van der Waals surface area contributed by atoms with E-state index < -0.39 is 0 Å². The Hall–Kier alpha value is -2.43. The fraction of sp³-hybridized carbons (Fsp3) is 0.312. The van der Waals surface area contributed by atoms with Crippen molar-refractivity contribution in [3.63, 3.8) is 0 Å². The molecule has 1 aromatic heterocycles. The second-order valence-corrected chi connectivity index (χ2v) is 5.19. The molecule has 0 aliphatic rings. The molecular weight excluding hydrogens is 264 g/mol. The van der Waals surface area contributed by atoms with E-state index in [1.807, 2.05) is 30.3 Å². The maximum atomic E-state index is 12.0. The summed E-state index contributed by atoms with van der Waals surface area (Å²) in [5.41, 5.74) is 1.00. The SMILES string of the molecule is CC(C)[C@H](Cn1nccn1)NC(=O)/C=C/c1ccccc1. The highest BCUT2D eigenvalue weighted by molar-refractivity contribution is 5.91. The molecule has 1 heterocycles. The molecule has 110 valence electrons. The van der Waals surface area contributed by atoms with Crippen LogP contribution in [-0.4, -0.2) is 26.9 Å². The highest BCUT2D eigenvalue weighted by Gasteiger charge is 2.16. The van der Waals surface area contributed by atoms with E-state index in [-0.39, 0.29) is 11.9 Å². The monoisotopic (exact) mass is 284 g/mol. The number of carbonyl (C=O) groups is 1. The highest BCUT2D eigenvalue weighted by atomic mass is 16.1. The van der Waals surface area contributed by atoms with E-state index in [0.29, 0.717) is 12.5 Å². The van der Waals surface area contributed by atoms with E-state index in [0.717, 1.165) is 5.56 Å². The molecule has 0 aliphatic carbocycles. The number of amides is 1. The molecule has 0 radical (unpaired) electrons. The zero-order chi connectivity index (χ0) is 15.1. The zero-order valence-corrected chi connectivity index (χ0v) is 12.3. The van der Waals surface area contributed by atoms with E-state index in [1.54, 1.807) is 29.3 Å². The van der Waals surface area contributed by atoms with Crippen molar-refractivity contribution in [2.75, 3.05) is 0 Å². The van der Waals surface area contributed by atoms with Gasteiger partial charge in [0.1, 0.15) is 0 Å². The van der Waals surface area contributed by atoms with Crippen LogP contribution in [0.3, 0.4) is 0 Å². The van der Waals surface area contributed by atoms with Gasteiger partial charge in [0.05, 0.1) is 25.0 Å². The third-order valence-corrected chi connectivity index (χ3v) is 3.19. The second kappa shape index (κ2) is 7.38. The summed E-state index contributed by atoms with van der Waals surface area (Å²) in [6, 6.07) is 9.73. The summed E-state index contributed by atoms with van der Waals surface area (Å²) in [6.45, 7) is 4.69. The Balaban J connectivity index is 1.93. The van der Waals surface area contributed by atoms with Gasteiger partial charge >= 0.3 is 0 Å². The fourth-order valence-corrected chi connectivity index (χ4v) is 1.90. The quantitative estimate of drug-likeness (QED) is 0.827. The minimum absolute atomic E-state index is 0.00896. The third kappa shape index (κ3) is 4.87. The van der Waals surface area contributed by atoms with Gasteiger partial charge < -0.3 is 5.32 Å². The van der Waals surface area contributed by atoms with Crippen LogP contribution < -0.4 is 5.32 Å². The van der Waals surface area contributed by atoms with Crippen LogP contribution >= 0.6 is 0 Å². The molecule has 21 heavy (non-hydrogen) atoms. The summed E-state index contributed by atoms with van der Waals surface area (Å²) in [4.78, 5) is 13.6. The van der Waals surface area contributed by atoms with Crippen LogP contribution in [0.1, 0.15) is 19.4 Å². The molecular formula is C16H20N4O. The minimum atomic E-state index is -0.107. The molecule has 0 saturated carbocycles. The van der Waals surface area contributed by atoms with Crippen molar-refractivity contribution in [3.8, 4) is 0 Å². The van der Waals surface area contributed by atoms with Gasteiger partial charge in [0, 0.05) is 6.08 Å². The first kappa shape index (κ1) is 15.0. The molecule has 1 N–H and O–H groups in total. The molecule has 0 aliphatic heterocycles. The Morgan fingerprint density at radius 3 is 2.52 bits per heavy atom. The van der Waals surface area contributed by atoms with E-state index in [4.69, 9.17) is 0 Å². The average Bonchev–Trinajstić information content (AvgIpc) is 2.98. The predicted molar refractivity (Wildman–Crippen MR) is 82.3 cm³/mol. The summed E-state index contributed by atoms with van der Waals surface area (Å²) < 4.78 is 0. The van der Waals surface area contributed by atoms with Gasteiger partial charge in [-0.05, 0) is 17.6 Å². The van der Waals surface area contributed by atoms with Crippen molar-refractivity contribution in [1.82, 2.24) is 20.3 Å². The average molecular weight is 284 g/mol. The molecule has 5 heteroatoms. The van der Waals surface area contributed by atoms with Gasteiger partial charge in [-0.1, -0.05) is 44.2 Å². The van der Waals surface area contributed by atoms with Crippen molar-refractivity contribution in [1.29, 1.82) is 0 Å². The van der Waals surface area contributed by atoms with Gasteiger partial charge in [-0.3, -0.25) is 4.79 Å². The lowest BCUT2D eigenvalue weighted by Crippen LogP contribution is -2.41. The molecule has 1 aromatic carbocycles. The van der Waals surface area contributed by atoms with Crippen molar-refractivity contribution in [3.05, 3.63) is 54.4 Å². The largest absolute Gasteiger partial charge is 0.348 e. The van der Waals surface area contributed by atoms with Gasteiger partial charge in [0.2, 0.25) is 5.91 Å². The molecule has 0 bridgehead atoms. The van der Waals surface area contributed by atoms with Gasteiger partial charge in [-0.2, -0.15) is 15.0 Å². The van der Waals surface area contributed by atoms with E-state index in [9.17, 15) is 4.79 Å². The molecule has 0 spiro atoms. The number of nitrogens with zero attached hydrogens (tertiary/aromatic N) is 3. The van der Waals surface area contributed by atoms with Crippen LogP contribution in [0.5, 0.6) is 0 Å². The summed E-state index contributed by atoms with van der Waals surface area (Å²) in [6.07, 6.45) is 6.63.